The first-order chi connectivity index (χ1) is 9.52. The molecule has 0 aliphatic carbocycles. The third-order valence-corrected chi connectivity index (χ3v) is 2.82. The molecule has 1 aromatic carbocycles. The van der Waals surface area contributed by atoms with E-state index in [1.54, 1.807) is 25.1 Å². The lowest BCUT2D eigenvalue weighted by atomic mass is 10.3. The lowest BCUT2D eigenvalue weighted by Crippen LogP contribution is -2.45. The van der Waals surface area contributed by atoms with Crippen LogP contribution in [0.25, 0.3) is 0 Å². The second kappa shape index (κ2) is 8.78. The number of rotatable bonds is 6. The van der Waals surface area contributed by atoms with E-state index in [0.29, 0.717) is 17.4 Å². The Morgan fingerprint density at radius 2 is 1.90 bits per heavy atom. The van der Waals surface area contributed by atoms with Gasteiger partial charge in [0.1, 0.15) is 12.4 Å². The van der Waals surface area contributed by atoms with Crippen LogP contribution in [0.3, 0.4) is 0 Å². The predicted octanol–water partition coefficient (Wildman–Crippen LogP) is 1.67. The molecule has 0 saturated carbocycles. The SMILES string of the molecule is CCOCC(=O)NNC(=O)COc1ccc(Br)cc1Cl. The summed E-state index contributed by atoms with van der Waals surface area (Å²) in [6.45, 7) is 1.81. The number of carbonyl (C=O) groups excluding carboxylic acids is 2. The minimum atomic E-state index is -0.506. The van der Waals surface area contributed by atoms with Crippen LogP contribution in [0.1, 0.15) is 6.92 Å². The third-order valence-electron chi connectivity index (χ3n) is 2.03. The Labute approximate surface area is 129 Å². The van der Waals surface area contributed by atoms with Gasteiger partial charge in [0, 0.05) is 11.1 Å². The van der Waals surface area contributed by atoms with E-state index in [-0.39, 0.29) is 13.2 Å². The van der Waals surface area contributed by atoms with Gasteiger partial charge in [-0.05, 0) is 25.1 Å². The first kappa shape index (κ1) is 16.7. The average Bonchev–Trinajstić information content (AvgIpc) is 2.41. The molecule has 8 heteroatoms. The highest BCUT2D eigenvalue weighted by atomic mass is 79.9. The van der Waals surface area contributed by atoms with Crippen LogP contribution in [0, 0.1) is 0 Å². The van der Waals surface area contributed by atoms with Crippen molar-refractivity contribution in [2.75, 3.05) is 19.8 Å². The van der Waals surface area contributed by atoms with Crippen LogP contribution in [-0.4, -0.2) is 31.6 Å². The fourth-order valence-electron chi connectivity index (χ4n) is 1.14. The molecule has 0 bridgehead atoms. The molecule has 0 radical (unpaired) electrons. The van der Waals surface area contributed by atoms with Gasteiger partial charge in [-0.1, -0.05) is 27.5 Å². The number of carbonyl (C=O) groups is 2. The number of hydrogen-bond donors (Lipinski definition) is 2. The molecule has 0 aromatic heterocycles. The molecule has 2 amide bonds. The van der Waals surface area contributed by atoms with Crippen molar-refractivity contribution in [2.24, 2.45) is 0 Å². The third kappa shape index (κ3) is 6.23. The zero-order chi connectivity index (χ0) is 15.0. The molecule has 2 N–H and O–H groups in total. The molecule has 0 fully saturated rings. The van der Waals surface area contributed by atoms with E-state index in [0.717, 1.165) is 4.47 Å². The first-order valence-electron chi connectivity index (χ1n) is 5.76. The summed E-state index contributed by atoms with van der Waals surface area (Å²) in [6.07, 6.45) is 0. The van der Waals surface area contributed by atoms with E-state index in [1.807, 2.05) is 0 Å². The van der Waals surface area contributed by atoms with E-state index < -0.39 is 11.8 Å². The van der Waals surface area contributed by atoms with Crippen molar-refractivity contribution in [2.45, 2.75) is 6.92 Å². The Hall–Kier alpha value is -1.31. The van der Waals surface area contributed by atoms with Crippen LogP contribution in [0.5, 0.6) is 5.75 Å². The Balaban J connectivity index is 2.31. The zero-order valence-electron chi connectivity index (χ0n) is 10.7. The van der Waals surface area contributed by atoms with Gasteiger partial charge in [0.25, 0.3) is 11.8 Å². The van der Waals surface area contributed by atoms with Gasteiger partial charge in [0.15, 0.2) is 6.61 Å². The standard InChI is InChI=1S/C12H14BrClN2O4/c1-2-19-6-11(17)15-16-12(18)7-20-10-4-3-8(13)5-9(10)14/h3-5H,2,6-7H2,1H3,(H,15,17)(H,16,18). The Bertz CT molecular complexity index is 485. The summed E-state index contributed by atoms with van der Waals surface area (Å²) in [5.74, 6) is -0.568. The number of nitrogens with one attached hydrogen (secondary N) is 2. The number of ether oxygens (including phenoxy) is 2. The van der Waals surface area contributed by atoms with Gasteiger partial charge in [-0.2, -0.15) is 0 Å². The summed E-state index contributed by atoms with van der Waals surface area (Å²) in [5, 5.41) is 0.382. The molecule has 110 valence electrons. The van der Waals surface area contributed by atoms with Gasteiger partial charge in [0.2, 0.25) is 0 Å². The van der Waals surface area contributed by atoms with E-state index in [1.165, 1.54) is 0 Å². The Morgan fingerprint density at radius 3 is 2.50 bits per heavy atom. The van der Waals surface area contributed by atoms with Crippen molar-refractivity contribution in [1.29, 1.82) is 0 Å². The maximum absolute atomic E-state index is 11.4. The van der Waals surface area contributed by atoms with Gasteiger partial charge in [0.05, 0.1) is 5.02 Å². The van der Waals surface area contributed by atoms with Crippen LogP contribution >= 0.6 is 27.5 Å². The largest absolute Gasteiger partial charge is 0.482 e. The van der Waals surface area contributed by atoms with E-state index in [2.05, 4.69) is 26.8 Å². The van der Waals surface area contributed by atoms with Crippen molar-refractivity contribution in [3.05, 3.63) is 27.7 Å². The lowest BCUT2D eigenvalue weighted by molar-refractivity contribution is -0.132. The number of amides is 2. The lowest BCUT2D eigenvalue weighted by Gasteiger charge is -2.09. The van der Waals surface area contributed by atoms with Gasteiger partial charge >= 0.3 is 0 Å². The monoisotopic (exact) mass is 364 g/mol. The minimum Gasteiger partial charge on any atom is -0.482 e. The molecule has 1 aromatic rings. The number of hydrogen-bond acceptors (Lipinski definition) is 4. The van der Waals surface area contributed by atoms with Crippen molar-refractivity contribution in [3.8, 4) is 5.75 Å². The van der Waals surface area contributed by atoms with Crippen molar-refractivity contribution >= 4 is 39.3 Å². The molecule has 6 nitrogen and oxygen atoms in total. The smallest absolute Gasteiger partial charge is 0.276 e. The van der Waals surface area contributed by atoms with Crippen LogP contribution in [0.4, 0.5) is 0 Å². The summed E-state index contributed by atoms with van der Waals surface area (Å²) in [6, 6.07) is 5.02. The predicted molar refractivity (Wildman–Crippen MR) is 77.4 cm³/mol. The summed E-state index contributed by atoms with van der Waals surface area (Å²) in [7, 11) is 0. The molecule has 0 spiro atoms. The van der Waals surface area contributed by atoms with Crippen LogP contribution in [0.2, 0.25) is 5.02 Å². The zero-order valence-corrected chi connectivity index (χ0v) is 13.1. The highest BCUT2D eigenvalue weighted by Crippen LogP contribution is 2.27. The maximum Gasteiger partial charge on any atom is 0.276 e. The summed E-state index contributed by atoms with van der Waals surface area (Å²) in [5.41, 5.74) is 4.39. The molecule has 0 atom stereocenters. The molecule has 0 aliphatic rings. The maximum atomic E-state index is 11.4. The highest BCUT2D eigenvalue weighted by Gasteiger charge is 2.07. The van der Waals surface area contributed by atoms with Crippen molar-refractivity contribution < 1.29 is 19.1 Å². The fourth-order valence-corrected chi connectivity index (χ4v) is 1.87. The van der Waals surface area contributed by atoms with Gasteiger partial charge in [-0.25, -0.2) is 0 Å². The topological polar surface area (TPSA) is 76.7 Å². The van der Waals surface area contributed by atoms with Gasteiger partial charge in [-0.3, -0.25) is 20.4 Å². The second-order valence-corrected chi connectivity index (χ2v) is 4.92. The van der Waals surface area contributed by atoms with E-state index in [9.17, 15) is 9.59 Å². The summed E-state index contributed by atoms with van der Waals surface area (Å²) in [4.78, 5) is 22.6. The molecule has 0 heterocycles. The fraction of sp³-hybridized carbons (Fsp3) is 0.333. The molecule has 1 rings (SSSR count). The van der Waals surface area contributed by atoms with Gasteiger partial charge in [-0.15, -0.1) is 0 Å². The second-order valence-electron chi connectivity index (χ2n) is 3.60. The van der Waals surface area contributed by atoms with E-state index >= 15 is 0 Å². The van der Waals surface area contributed by atoms with Gasteiger partial charge < -0.3 is 9.47 Å². The van der Waals surface area contributed by atoms with Crippen LogP contribution in [-0.2, 0) is 14.3 Å². The molecular weight excluding hydrogens is 351 g/mol. The Kier molecular flexibility index (Phi) is 7.35. The summed E-state index contributed by atoms with van der Waals surface area (Å²) < 4.78 is 10.9. The molecular formula is C12H14BrClN2O4. The number of hydrazine groups is 1. The molecule has 20 heavy (non-hydrogen) atoms. The molecule has 0 saturated heterocycles. The normalized spacial score (nSPS) is 9.95. The highest BCUT2D eigenvalue weighted by molar-refractivity contribution is 9.10. The number of benzene rings is 1. The quantitative estimate of drug-likeness (QED) is 0.752. The minimum absolute atomic E-state index is 0.115. The molecule has 0 aliphatic heterocycles. The first-order valence-corrected chi connectivity index (χ1v) is 6.93. The Morgan fingerprint density at radius 1 is 1.25 bits per heavy atom. The van der Waals surface area contributed by atoms with E-state index in [4.69, 9.17) is 21.1 Å². The van der Waals surface area contributed by atoms with Crippen LogP contribution < -0.4 is 15.6 Å². The van der Waals surface area contributed by atoms with Crippen LogP contribution in [0.15, 0.2) is 22.7 Å². The average molecular weight is 366 g/mol. The van der Waals surface area contributed by atoms with Crippen molar-refractivity contribution in [1.82, 2.24) is 10.9 Å². The summed E-state index contributed by atoms with van der Waals surface area (Å²) >= 11 is 9.18. The number of halogens is 2. The molecule has 0 unspecified atom stereocenters. The van der Waals surface area contributed by atoms with Crippen molar-refractivity contribution in [3.63, 3.8) is 0 Å².